The molecule has 1 heterocycles. The van der Waals surface area contributed by atoms with Crippen LogP contribution in [-0.2, 0) is 6.54 Å². The van der Waals surface area contributed by atoms with Crippen LogP contribution in [0.2, 0.25) is 0 Å². The normalized spacial score (nSPS) is 10.6. The zero-order valence-corrected chi connectivity index (χ0v) is 10.7. The molecule has 0 fully saturated rings. The van der Waals surface area contributed by atoms with Gasteiger partial charge in [0.15, 0.2) is 0 Å². The smallest absolute Gasteiger partial charge is 0.387 e. The number of primary amides is 1. The molecular formula is C13H11F2N3O3. The Balaban J connectivity index is 2.20. The second-order valence-electron chi connectivity index (χ2n) is 4.10. The summed E-state index contributed by atoms with van der Waals surface area (Å²) in [6.45, 7) is -2.82. The van der Waals surface area contributed by atoms with Crippen LogP contribution < -0.4 is 16.0 Å². The minimum Gasteiger partial charge on any atom is -0.435 e. The molecule has 8 heteroatoms. The first kappa shape index (κ1) is 14.6. The number of rotatable bonds is 5. The van der Waals surface area contributed by atoms with Crippen molar-refractivity contribution in [3.63, 3.8) is 0 Å². The van der Waals surface area contributed by atoms with E-state index in [-0.39, 0.29) is 18.0 Å². The first-order valence-corrected chi connectivity index (χ1v) is 5.87. The summed E-state index contributed by atoms with van der Waals surface area (Å²) < 4.78 is 29.3. The van der Waals surface area contributed by atoms with Gasteiger partial charge in [-0.05, 0) is 23.8 Å². The Bertz CT molecular complexity index is 699. The van der Waals surface area contributed by atoms with Crippen molar-refractivity contribution >= 4 is 5.91 Å². The van der Waals surface area contributed by atoms with Crippen LogP contribution in [0.1, 0.15) is 16.1 Å². The lowest BCUT2D eigenvalue weighted by Gasteiger charge is -2.07. The van der Waals surface area contributed by atoms with Gasteiger partial charge < -0.3 is 10.5 Å². The molecular weight excluding hydrogens is 284 g/mol. The highest BCUT2D eigenvalue weighted by molar-refractivity contribution is 5.90. The van der Waals surface area contributed by atoms with E-state index < -0.39 is 18.1 Å². The Morgan fingerprint density at radius 2 is 1.90 bits per heavy atom. The van der Waals surface area contributed by atoms with E-state index in [2.05, 4.69) is 9.84 Å². The van der Waals surface area contributed by atoms with Gasteiger partial charge in [0.25, 0.3) is 11.5 Å². The van der Waals surface area contributed by atoms with Crippen LogP contribution in [0.25, 0.3) is 0 Å². The highest BCUT2D eigenvalue weighted by atomic mass is 19.3. The molecule has 1 aromatic heterocycles. The van der Waals surface area contributed by atoms with Crippen LogP contribution in [0.5, 0.6) is 5.75 Å². The predicted molar refractivity (Wildman–Crippen MR) is 69.2 cm³/mol. The number of ether oxygens (including phenoxy) is 1. The number of hydrogen-bond acceptors (Lipinski definition) is 4. The van der Waals surface area contributed by atoms with E-state index in [1.807, 2.05) is 0 Å². The molecule has 0 atom stereocenters. The number of nitrogens with zero attached hydrogens (tertiary/aromatic N) is 2. The fourth-order valence-electron chi connectivity index (χ4n) is 1.64. The van der Waals surface area contributed by atoms with Gasteiger partial charge in [-0.25, -0.2) is 4.68 Å². The number of benzene rings is 1. The van der Waals surface area contributed by atoms with Gasteiger partial charge in [0, 0.05) is 6.07 Å². The summed E-state index contributed by atoms with van der Waals surface area (Å²) >= 11 is 0. The third kappa shape index (κ3) is 3.85. The number of nitrogens with two attached hydrogens (primary N) is 1. The summed E-state index contributed by atoms with van der Waals surface area (Å²) in [5, 5.41) is 3.82. The van der Waals surface area contributed by atoms with E-state index in [4.69, 9.17) is 5.73 Å². The number of carbonyl (C=O) groups excluding carboxylic acids is 1. The number of carbonyl (C=O) groups is 1. The predicted octanol–water partition coefficient (Wildman–Crippen LogP) is 0.992. The molecule has 1 aromatic carbocycles. The first-order chi connectivity index (χ1) is 9.95. The van der Waals surface area contributed by atoms with Crippen molar-refractivity contribution in [2.24, 2.45) is 5.73 Å². The molecule has 6 nitrogen and oxygen atoms in total. The maximum Gasteiger partial charge on any atom is 0.387 e. The minimum atomic E-state index is -2.90. The lowest BCUT2D eigenvalue weighted by Crippen LogP contribution is -2.26. The van der Waals surface area contributed by atoms with E-state index in [0.717, 1.165) is 4.68 Å². The Hall–Kier alpha value is -2.77. The molecule has 1 amide bonds. The Kier molecular flexibility index (Phi) is 4.27. The third-order valence-electron chi connectivity index (χ3n) is 2.60. The molecule has 2 N–H and O–H groups in total. The number of halogens is 2. The van der Waals surface area contributed by atoms with Crippen molar-refractivity contribution in [2.45, 2.75) is 13.2 Å². The summed E-state index contributed by atoms with van der Waals surface area (Å²) in [5.41, 5.74) is 5.28. The van der Waals surface area contributed by atoms with Gasteiger partial charge in [0.05, 0.1) is 6.54 Å². The molecule has 0 spiro atoms. The van der Waals surface area contributed by atoms with Gasteiger partial charge in [-0.3, -0.25) is 9.59 Å². The largest absolute Gasteiger partial charge is 0.435 e. The summed E-state index contributed by atoms with van der Waals surface area (Å²) in [7, 11) is 0. The Labute approximate surface area is 117 Å². The van der Waals surface area contributed by atoms with Gasteiger partial charge >= 0.3 is 6.61 Å². The summed E-state index contributed by atoms with van der Waals surface area (Å²) in [6, 6.07) is 8.16. The zero-order valence-electron chi connectivity index (χ0n) is 10.7. The number of hydrogen-bond donors (Lipinski definition) is 1. The summed E-state index contributed by atoms with van der Waals surface area (Å²) in [4.78, 5) is 22.7. The second-order valence-corrected chi connectivity index (χ2v) is 4.10. The van der Waals surface area contributed by atoms with Crippen molar-refractivity contribution in [2.75, 3.05) is 0 Å². The van der Waals surface area contributed by atoms with Crippen molar-refractivity contribution in [3.05, 3.63) is 58.0 Å². The molecule has 0 aliphatic carbocycles. The van der Waals surface area contributed by atoms with Crippen molar-refractivity contribution in [1.29, 1.82) is 0 Å². The average Bonchev–Trinajstić information content (AvgIpc) is 2.42. The SMILES string of the molecule is NC(=O)c1ccc(=O)n(Cc2ccc(OC(F)F)cc2)n1. The van der Waals surface area contributed by atoms with Gasteiger partial charge in [-0.2, -0.15) is 13.9 Å². The number of aromatic nitrogens is 2. The molecule has 0 radical (unpaired) electrons. The monoisotopic (exact) mass is 295 g/mol. The maximum atomic E-state index is 12.0. The zero-order chi connectivity index (χ0) is 15.4. The molecule has 2 rings (SSSR count). The number of alkyl halides is 2. The maximum absolute atomic E-state index is 12.0. The van der Waals surface area contributed by atoms with Crippen molar-refractivity contribution in [3.8, 4) is 5.75 Å². The Morgan fingerprint density at radius 3 is 2.48 bits per heavy atom. The standard InChI is InChI=1S/C13H11F2N3O3/c14-13(15)21-9-3-1-8(2-4-9)7-18-11(19)6-5-10(17-18)12(16)20/h1-6,13H,7H2,(H2,16,20). The molecule has 21 heavy (non-hydrogen) atoms. The lowest BCUT2D eigenvalue weighted by molar-refractivity contribution is -0.0498. The van der Waals surface area contributed by atoms with E-state index >= 15 is 0 Å². The fourth-order valence-corrected chi connectivity index (χ4v) is 1.64. The highest BCUT2D eigenvalue weighted by Crippen LogP contribution is 2.15. The van der Waals surface area contributed by atoms with Crippen LogP contribution in [0.3, 0.4) is 0 Å². The fraction of sp³-hybridized carbons (Fsp3) is 0.154. The molecule has 110 valence electrons. The molecule has 0 saturated carbocycles. The Morgan fingerprint density at radius 1 is 1.24 bits per heavy atom. The molecule has 0 bridgehead atoms. The first-order valence-electron chi connectivity index (χ1n) is 5.87. The third-order valence-corrected chi connectivity index (χ3v) is 2.60. The van der Waals surface area contributed by atoms with E-state index in [1.54, 1.807) is 0 Å². The van der Waals surface area contributed by atoms with Crippen molar-refractivity contribution in [1.82, 2.24) is 9.78 Å². The lowest BCUT2D eigenvalue weighted by atomic mass is 10.2. The van der Waals surface area contributed by atoms with Gasteiger partial charge in [-0.15, -0.1) is 0 Å². The second kappa shape index (κ2) is 6.12. The quantitative estimate of drug-likeness (QED) is 0.891. The van der Waals surface area contributed by atoms with Crippen LogP contribution in [0.15, 0.2) is 41.2 Å². The molecule has 0 unspecified atom stereocenters. The van der Waals surface area contributed by atoms with Crippen LogP contribution in [0.4, 0.5) is 8.78 Å². The van der Waals surface area contributed by atoms with Crippen LogP contribution in [0, 0.1) is 0 Å². The van der Waals surface area contributed by atoms with Gasteiger partial charge in [0.1, 0.15) is 11.4 Å². The topological polar surface area (TPSA) is 87.2 Å². The molecule has 0 saturated heterocycles. The van der Waals surface area contributed by atoms with E-state index in [1.165, 1.54) is 36.4 Å². The molecule has 0 aliphatic heterocycles. The van der Waals surface area contributed by atoms with Crippen LogP contribution >= 0.6 is 0 Å². The average molecular weight is 295 g/mol. The highest BCUT2D eigenvalue weighted by Gasteiger charge is 2.07. The summed E-state index contributed by atoms with van der Waals surface area (Å²) in [6.07, 6.45) is 0. The summed E-state index contributed by atoms with van der Waals surface area (Å²) in [5.74, 6) is -0.732. The van der Waals surface area contributed by atoms with E-state index in [9.17, 15) is 18.4 Å². The van der Waals surface area contributed by atoms with Crippen LogP contribution in [-0.4, -0.2) is 22.3 Å². The minimum absolute atomic E-state index is 0.0138. The molecule has 2 aromatic rings. The van der Waals surface area contributed by atoms with Gasteiger partial charge in [0.2, 0.25) is 0 Å². The molecule has 0 aliphatic rings. The number of amides is 1. The van der Waals surface area contributed by atoms with Crippen molar-refractivity contribution < 1.29 is 18.3 Å². The van der Waals surface area contributed by atoms with Gasteiger partial charge in [-0.1, -0.05) is 12.1 Å². The van der Waals surface area contributed by atoms with E-state index in [0.29, 0.717) is 5.56 Å².